The number of hydrogen-bond acceptors (Lipinski definition) is 7. The summed E-state index contributed by atoms with van der Waals surface area (Å²) in [4.78, 5) is 38.2. The lowest BCUT2D eigenvalue weighted by Gasteiger charge is -2.29. The van der Waals surface area contributed by atoms with Crippen molar-refractivity contribution >= 4 is 29.7 Å². The van der Waals surface area contributed by atoms with E-state index < -0.39 is 24.0 Å². The van der Waals surface area contributed by atoms with Crippen LogP contribution in [0.25, 0.3) is 0 Å². The maximum Gasteiger partial charge on any atom is 0.338 e. The zero-order valence-corrected chi connectivity index (χ0v) is 18.6. The van der Waals surface area contributed by atoms with Gasteiger partial charge in [0.25, 0.3) is 0 Å². The van der Waals surface area contributed by atoms with E-state index in [1.54, 1.807) is 38.3 Å². The number of amides is 2. The zero-order chi connectivity index (χ0) is 22.9. The van der Waals surface area contributed by atoms with Crippen molar-refractivity contribution in [2.45, 2.75) is 17.9 Å². The average Bonchev–Trinajstić information content (AvgIpc) is 2.81. The number of carbonyl (C=O) groups excluding carboxylic acids is 3. The highest BCUT2D eigenvalue weighted by Crippen LogP contribution is 2.29. The van der Waals surface area contributed by atoms with Crippen LogP contribution in [0.5, 0.6) is 5.75 Å². The first-order valence-electron chi connectivity index (χ1n) is 9.97. The standard InChI is InChI=1S/C23H24N2O6S/c1-3-30-22(27)20-18(13-31-19(26)14-32-17-7-5-4-6-8-17)24-23(28)25-21(20)15-9-11-16(29-2)12-10-15/h4-12,21H,3,13-14H2,1-2H3,(H2,24,25,28). The molecular formula is C23H24N2O6S. The normalized spacial score (nSPS) is 15.4. The minimum absolute atomic E-state index is 0.0974. The Kier molecular flexibility index (Phi) is 8.15. The van der Waals surface area contributed by atoms with E-state index in [2.05, 4.69) is 10.6 Å². The Labute approximate surface area is 190 Å². The summed E-state index contributed by atoms with van der Waals surface area (Å²) in [5, 5.41) is 5.31. The molecule has 32 heavy (non-hydrogen) atoms. The number of esters is 2. The van der Waals surface area contributed by atoms with Crippen molar-refractivity contribution in [3.63, 3.8) is 0 Å². The lowest BCUT2D eigenvalue weighted by molar-refractivity contribution is -0.141. The van der Waals surface area contributed by atoms with E-state index >= 15 is 0 Å². The molecule has 0 saturated heterocycles. The lowest BCUT2D eigenvalue weighted by atomic mass is 9.95. The largest absolute Gasteiger partial charge is 0.497 e. The molecule has 168 valence electrons. The second kappa shape index (κ2) is 11.2. The highest BCUT2D eigenvalue weighted by Gasteiger charge is 2.34. The highest BCUT2D eigenvalue weighted by atomic mass is 32.2. The molecule has 1 aliphatic heterocycles. The van der Waals surface area contributed by atoms with E-state index in [4.69, 9.17) is 14.2 Å². The van der Waals surface area contributed by atoms with E-state index in [9.17, 15) is 14.4 Å². The van der Waals surface area contributed by atoms with Gasteiger partial charge in [0, 0.05) is 4.90 Å². The smallest absolute Gasteiger partial charge is 0.338 e. The molecule has 1 heterocycles. The molecule has 0 bridgehead atoms. The first-order valence-corrected chi connectivity index (χ1v) is 11.0. The van der Waals surface area contributed by atoms with Gasteiger partial charge in [0.05, 0.1) is 36.8 Å². The van der Waals surface area contributed by atoms with Gasteiger partial charge in [0.1, 0.15) is 12.4 Å². The predicted octanol–water partition coefficient (Wildman–Crippen LogP) is 3.20. The zero-order valence-electron chi connectivity index (χ0n) is 17.8. The third-order valence-corrected chi connectivity index (χ3v) is 5.56. The Morgan fingerprint density at radius 2 is 1.75 bits per heavy atom. The van der Waals surface area contributed by atoms with Crippen LogP contribution in [0.2, 0.25) is 0 Å². The van der Waals surface area contributed by atoms with E-state index in [1.807, 2.05) is 30.3 Å². The number of benzene rings is 2. The molecule has 2 aromatic carbocycles. The average molecular weight is 457 g/mol. The molecule has 8 nitrogen and oxygen atoms in total. The number of rotatable bonds is 9. The van der Waals surface area contributed by atoms with Crippen LogP contribution in [-0.4, -0.2) is 44.0 Å². The molecule has 0 spiro atoms. The van der Waals surface area contributed by atoms with Gasteiger partial charge in [-0.05, 0) is 36.8 Å². The molecule has 0 radical (unpaired) electrons. The number of urea groups is 1. The molecule has 1 atom stereocenters. The topological polar surface area (TPSA) is 103 Å². The monoisotopic (exact) mass is 456 g/mol. The van der Waals surface area contributed by atoms with Gasteiger partial charge in [0.2, 0.25) is 0 Å². The molecule has 2 amide bonds. The Hall–Kier alpha value is -3.46. The van der Waals surface area contributed by atoms with Crippen molar-refractivity contribution in [3.8, 4) is 5.75 Å². The number of hydrogen-bond donors (Lipinski definition) is 2. The number of carbonyl (C=O) groups is 3. The molecule has 3 rings (SSSR count). The van der Waals surface area contributed by atoms with Crippen LogP contribution >= 0.6 is 11.8 Å². The van der Waals surface area contributed by atoms with Crippen LogP contribution < -0.4 is 15.4 Å². The number of methoxy groups -OCH3 is 1. The second-order valence-corrected chi connectivity index (χ2v) is 7.73. The summed E-state index contributed by atoms with van der Waals surface area (Å²) < 4.78 is 15.7. The van der Waals surface area contributed by atoms with Crippen LogP contribution in [0.15, 0.2) is 70.8 Å². The van der Waals surface area contributed by atoms with Gasteiger partial charge < -0.3 is 24.8 Å². The van der Waals surface area contributed by atoms with E-state index in [1.165, 1.54) is 11.8 Å². The summed E-state index contributed by atoms with van der Waals surface area (Å²) in [6, 6.07) is 15.1. The molecule has 2 aromatic rings. The summed E-state index contributed by atoms with van der Waals surface area (Å²) in [6.45, 7) is 1.59. The summed E-state index contributed by atoms with van der Waals surface area (Å²) in [7, 11) is 1.55. The first kappa shape index (κ1) is 23.2. The van der Waals surface area contributed by atoms with Gasteiger partial charge in [-0.2, -0.15) is 0 Å². The summed E-state index contributed by atoms with van der Waals surface area (Å²) >= 11 is 1.34. The minimum Gasteiger partial charge on any atom is -0.497 e. The Morgan fingerprint density at radius 3 is 2.41 bits per heavy atom. The molecule has 2 N–H and O–H groups in total. The first-order chi connectivity index (χ1) is 15.5. The lowest BCUT2D eigenvalue weighted by Crippen LogP contribution is -2.47. The van der Waals surface area contributed by atoms with E-state index in [0.717, 1.165) is 4.90 Å². The Balaban J connectivity index is 1.78. The van der Waals surface area contributed by atoms with Crippen LogP contribution in [0.1, 0.15) is 18.5 Å². The highest BCUT2D eigenvalue weighted by molar-refractivity contribution is 8.00. The molecule has 0 saturated carbocycles. The summed E-state index contributed by atoms with van der Waals surface area (Å²) in [6.07, 6.45) is 0. The van der Waals surface area contributed by atoms with E-state index in [0.29, 0.717) is 11.3 Å². The minimum atomic E-state index is -0.763. The van der Waals surface area contributed by atoms with Crippen molar-refractivity contribution < 1.29 is 28.6 Å². The maximum atomic E-state index is 12.7. The number of nitrogens with one attached hydrogen (secondary N) is 2. The van der Waals surface area contributed by atoms with Crippen molar-refractivity contribution in [3.05, 3.63) is 71.4 Å². The number of thioether (sulfide) groups is 1. The third kappa shape index (κ3) is 6.04. The fourth-order valence-electron chi connectivity index (χ4n) is 3.08. The fraction of sp³-hybridized carbons (Fsp3) is 0.261. The second-order valence-electron chi connectivity index (χ2n) is 6.68. The quantitative estimate of drug-likeness (QED) is 0.441. The Bertz CT molecular complexity index is 991. The van der Waals surface area contributed by atoms with Crippen molar-refractivity contribution in [2.75, 3.05) is 26.1 Å². The molecule has 9 heteroatoms. The molecule has 0 aliphatic carbocycles. The van der Waals surface area contributed by atoms with Gasteiger partial charge in [-0.25, -0.2) is 9.59 Å². The molecule has 0 aromatic heterocycles. The summed E-state index contributed by atoms with van der Waals surface area (Å²) in [5.41, 5.74) is 1.03. The molecular weight excluding hydrogens is 432 g/mol. The SMILES string of the molecule is CCOC(=O)C1=C(COC(=O)CSc2ccccc2)NC(=O)NC1c1ccc(OC)cc1. The van der Waals surface area contributed by atoms with Crippen LogP contribution in [0, 0.1) is 0 Å². The number of ether oxygens (including phenoxy) is 3. The van der Waals surface area contributed by atoms with Crippen LogP contribution in [0.4, 0.5) is 4.79 Å². The Morgan fingerprint density at radius 1 is 1.03 bits per heavy atom. The van der Waals surface area contributed by atoms with Crippen molar-refractivity contribution in [2.24, 2.45) is 0 Å². The predicted molar refractivity (Wildman–Crippen MR) is 119 cm³/mol. The third-order valence-electron chi connectivity index (χ3n) is 4.58. The fourth-order valence-corrected chi connectivity index (χ4v) is 3.80. The molecule has 0 fully saturated rings. The molecule has 1 aliphatic rings. The van der Waals surface area contributed by atoms with Crippen LogP contribution in [0.3, 0.4) is 0 Å². The molecule has 1 unspecified atom stereocenters. The maximum absolute atomic E-state index is 12.7. The van der Waals surface area contributed by atoms with E-state index in [-0.39, 0.29) is 30.2 Å². The van der Waals surface area contributed by atoms with Gasteiger partial charge in [-0.15, -0.1) is 11.8 Å². The van der Waals surface area contributed by atoms with Crippen LogP contribution in [-0.2, 0) is 19.1 Å². The summed E-state index contributed by atoms with van der Waals surface area (Å²) in [5.74, 6) is -0.338. The van der Waals surface area contributed by atoms with Crippen molar-refractivity contribution in [1.29, 1.82) is 0 Å². The van der Waals surface area contributed by atoms with Gasteiger partial charge in [-0.1, -0.05) is 30.3 Å². The van der Waals surface area contributed by atoms with Crippen molar-refractivity contribution in [1.82, 2.24) is 10.6 Å². The van der Waals surface area contributed by atoms with Gasteiger partial charge in [-0.3, -0.25) is 4.79 Å². The van der Waals surface area contributed by atoms with Gasteiger partial charge in [0.15, 0.2) is 0 Å². The van der Waals surface area contributed by atoms with Gasteiger partial charge >= 0.3 is 18.0 Å².